The summed E-state index contributed by atoms with van der Waals surface area (Å²) in [6.07, 6.45) is 6.61. The Labute approximate surface area is 112 Å². The number of hydrogen-bond acceptors (Lipinski definition) is 3. The molecule has 0 aromatic heterocycles. The molecule has 106 valence electrons. The molecule has 1 aliphatic carbocycles. The summed E-state index contributed by atoms with van der Waals surface area (Å²) in [5.41, 5.74) is 6.24. The fourth-order valence-electron chi connectivity index (χ4n) is 3.79. The maximum absolute atomic E-state index is 6.13. The van der Waals surface area contributed by atoms with Gasteiger partial charge in [-0.1, -0.05) is 19.8 Å². The van der Waals surface area contributed by atoms with Crippen molar-refractivity contribution < 1.29 is 4.74 Å². The molecule has 4 atom stereocenters. The first kappa shape index (κ1) is 14.3. The zero-order valence-electron chi connectivity index (χ0n) is 12.3. The molecule has 0 aromatic carbocycles. The van der Waals surface area contributed by atoms with Crippen LogP contribution < -0.4 is 5.73 Å². The molecule has 0 bridgehead atoms. The largest absolute Gasteiger partial charge is 0.381 e. The number of hydrogen-bond donors (Lipinski definition) is 1. The van der Waals surface area contributed by atoms with Crippen LogP contribution in [0.1, 0.15) is 46.0 Å². The average molecular weight is 254 g/mol. The average Bonchev–Trinajstić information content (AvgIpc) is 2.91. The molecule has 1 aliphatic heterocycles. The van der Waals surface area contributed by atoms with Crippen LogP contribution >= 0.6 is 0 Å². The molecular weight excluding hydrogens is 224 g/mol. The predicted octanol–water partition coefficient (Wildman–Crippen LogP) is 2.25. The highest BCUT2D eigenvalue weighted by Crippen LogP contribution is 2.35. The normalized spacial score (nSPS) is 36.8. The van der Waals surface area contributed by atoms with E-state index in [2.05, 4.69) is 25.8 Å². The summed E-state index contributed by atoms with van der Waals surface area (Å²) >= 11 is 0. The predicted molar refractivity (Wildman–Crippen MR) is 75.6 cm³/mol. The highest BCUT2D eigenvalue weighted by Gasteiger charge is 2.42. The SMILES string of the molecule is CC1CCCC(N(C)C(C)(CN)C2CCOC2)C1. The third kappa shape index (κ3) is 2.73. The summed E-state index contributed by atoms with van der Waals surface area (Å²) in [7, 11) is 2.29. The standard InChI is InChI=1S/C15H30N2O/c1-12-5-4-6-14(9-12)17(3)15(2,11-16)13-7-8-18-10-13/h12-14H,4-11,16H2,1-3H3. The van der Waals surface area contributed by atoms with Gasteiger partial charge >= 0.3 is 0 Å². The van der Waals surface area contributed by atoms with Crippen LogP contribution in [0.2, 0.25) is 0 Å². The smallest absolute Gasteiger partial charge is 0.0513 e. The van der Waals surface area contributed by atoms with Gasteiger partial charge in [-0.3, -0.25) is 4.90 Å². The zero-order valence-corrected chi connectivity index (χ0v) is 12.3. The monoisotopic (exact) mass is 254 g/mol. The molecule has 2 aliphatic rings. The first-order valence-corrected chi connectivity index (χ1v) is 7.58. The Morgan fingerprint density at radius 2 is 2.11 bits per heavy atom. The fourth-order valence-corrected chi connectivity index (χ4v) is 3.79. The van der Waals surface area contributed by atoms with Crippen molar-refractivity contribution in [1.29, 1.82) is 0 Å². The van der Waals surface area contributed by atoms with Crippen molar-refractivity contribution in [3.63, 3.8) is 0 Å². The molecule has 0 amide bonds. The van der Waals surface area contributed by atoms with E-state index < -0.39 is 0 Å². The molecule has 18 heavy (non-hydrogen) atoms. The summed E-state index contributed by atoms with van der Waals surface area (Å²) in [5, 5.41) is 0. The van der Waals surface area contributed by atoms with E-state index in [1.54, 1.807) is 0 Å². The zero-order chi connectivity index (χ0) is 13.2. The van der Waals surface area contributed by atoms with E-state index in [9.17, 15) is 0 Å². The lowest BCUT2D eigenvalue weighted by Crippen LogP contribution is -2.59. The number of likely N-dealkylation sites (N-methyl/N-ethyl adjacent to an activating group) is 1. The van der Waals surface area contributed by atoms with Crippen molar-refractivity contribution in [2.24, 2.45) is 17.6 Å². The molecule has 3 nitrogen and oxygen atoms in total. The van der Waals surface area contributed by atoms with E-state index >= 15 is 0 Å². The molecule has 1 saturated heterocycles. The molecule has 2 N–H and O–H groups in total. The van der Waals surface area contributed by atoms with Crippen LogP contribution in [-0.2, 0) is 4.74 Å². The number of ether oxygens (including phenoxy) is 1. The Kier molecular flexibility index (Phi) is 4.68. The third-order valence-electron chi connectivity index (χ3n) is 5.48. The molecule has 0 radical (unpaired) electrons. The van der Waals surface area contributed by atoms with Gasteiger partial charge in [0.15, 0.2) is 0 Å². The van der Waals surface area contributed by atoms with Crippen LogP contribution in [0, 0.1) is 11.8 Å². The van der Waals surface area contributed by atoms with Gasteiger partial charge in [-0.25, -0.2) is 0 Å². The van der Waals surface area contributed by atoms with Gasteiger partial charge < -0.3 is 10.5 Å². The molecule has 4 unspecified atom stereocenters. The summed E-state index contributed by atoms with van der Waals surface area (Å²) < 4.78 is 5.58. The molecule has 3 heteroatoms. The number of rotatable bonds is 4. The van der Waals surface area contributed by atoms with E-state index in [-0.39, 0.29) is 5.54 Å². The molecular formula is C15H30N2O. The second-order valence-electron chi connectivity index (χ2n) is 6.66. The summed E-state index contributed by atoms with van der Waals surface area (Å²) in [6, 6.07) is 0.711. The van der Waals surface area contributed by atoms with Crippen molar-refractivity contribution in [3.8, 4) is 0 Å². The summed E-state index contributed by atoms with van der Waals surface area (Å²) in [5.74, 6) is 1.47. The summed E-state index contributed by atoms with van der Waals surface area (Å²) in [4.78, 5) is 2.59. The van der Waals surface area contributed by atoms with Gasteiger partial charge in [0.25, 0.3) is 0 Å². The van der Waals surface area contributed by atoms with Crippen LogP contribution in [0.4, 0.5) is 0 Å². The van der Waals surface area contributed by atoms with E-state index in [1.165, 1.54) is 32.1 Å². The topological polar surface area (TPSA) is 38.5 Å². The Balaban J connectivity index is 2.05. The molecule has 0 spiro atoms. The van der Waals surface area contributed by atoms with E-state index in [4.69, 9.17) is 10.5 Å². The minimum Gasteiger partial charge on any atom is -0.381 e. The van der Waals surface area contributed by atoms with E-state index in [0.717, 1.165) is 25.7 Å². The van der Waals surface area contributed by atoms with Gasteiger partial charge in [0, 0.05) is 30.7 Å². The molecule has 1 heterocycles. The fraction of sp³-hybridized carbons (Fsp3) is 1.00. The van der Waals surface area contributed by atoms with Gasteiger partial charge in [0.2, 0.25) is 0 Å². The van der Waals surface area contributed by atoms with Crippen LogP contribution in [-0.4, -0.2) is 43.3 Å². The lowest BCUT2D eigenvalue weighted by atomic mass is 9.79. The second kappa shape index (κ2) is 5.89. The van der Waals surface area contributed by atoms with Gasteiger partial charge in [0.05, 0.1) is 6.61 Å². The van der Waals surface area contributed by atoms with Crippen LogP contribution in [0.3, 0.4) is 0 Å². The summed E-state index contributed by atoms with van der Waals surface area (Å²) in [6.45, 7) is 7.27. The Bertz CT molecular complexity index is 265. The van der Waals surface area contributed by atoms with Crippen LogP contribution in [0.5, 0.6) is 0 Å². The quantitative estimate of drug-likeness (QED) is 0.836. The van der Waals surface area contributed by atoms with Crippen molar-refractivity contribution in [1.82, 2.24) is 4.90 Å². The van der Waals surface area contributed by atoms with Crippen molar-refractivity contribution in [3.05, 3.63) is 0 Å². The second-order valence-corrected chi connectivity index (χ2v) is 6.66. The Hall–Kier alpha value is -0.120. The highest BCUT2D eigenvalue weighted by molar-refractivity contribution is 4.97. The van der Waals surface area contributed by atoms with Crippen LogP contribution in [0.25, 0.3) is 0 Å². The minimum atomic E-state index is 0.109. The van der Waals surface area contributed by atoms with E-state index in [1.807, 2.05) is 0 Å². The molecule has 2 rings (SSSR count). The molecule has 1 saturated carbocycles. The van der Waals surface area contributed by atoms with Gasteiger partial charge in [-0.15, -0.1) is 0 Å². The minimum absolute atomic E-state index is 0.109. The number of nitrogens with two attached hydrogens (primary N) is 1. The van der Waals surface area contributed by atoms with Crippen molar-refractivity contribution >= 4 is 0 Å². The maximum atomic E-state index is 6.13. The van der Waals surface area contributed by atoms with Crippen molar-refractivity contribution in [2.45, 2.75) is 57.5 Å². The third-order valence-corrected chi connectivity index (χ3v) is 5.48. The van der Waals surface area contributed by atoms with Gasteiger partial charge in [-0.2, -0.15) is 0 Å². The molecule has 2 fully saturated rings. The Morgan fingerprint density at radius 3 is 2.67 bits per heavy atom. The van der Waals surface area contributed by atoms with Gasteiger partial charge in [0.1, 0.15) is 0 Å². The highest BCUT2D eigenvalue weighted by atomic mass is 16.5. The first-order chi connectivity index (χ1) is 8.58. The maximum Gasteiger partial charge on any atom is 0.0513 e. The van der Waals surface area contributed by atoms with Gasteiger partial charge in [-0.05, 0) is 39.2 Å². The van der Waals surface area contributed by atoms with Crippen molar-refractivity contribution in [2.75, 3.05) is 26.8 Å². The number of nitrogens with zero attached hydrogens (tertiary/aromatic N) is 1. The molecule has 0 aromatic rings. The lowest BCUT2D eigenvalue weighted by molar-refractivity contribution is 0.0133. The van der Waals surface area contributed by atoms with E-state index in [0.29, 0.717) is 12.0 Å². The Morgan fingerprint density at radius 1 is 1.33 bits per heavy atom. The van der Waals surface area contributed by atoms with Crippen LogP contribution in [0.15, 0.2) is 0 Å². The first-order valence-electron chi connectivity index (χ1n) is 7.58. The lowest BCUT2D eigenvalue weighted by Gasteiger charge is -2.48.